The third-order valence-electron chi connectivity index (χ3n) is 3.23. The summed E-state index contributed by atoms with van der Waals surface area (Å²) in [5.74, 6) is 0.526. The Morgan fingerprint density at radius 1 is 1.15 bits per heavy atom. The Labute approximate surface area is 117 Å². The molecule has 0 fully saturated rings. The highest BCUT2D eigenvalue weighted by Gasteiger charge is 2.06. The van der Waals surface area contributed by atoms with E-state index in [1.54, 1.807) is 12.3 Å². The number of pyridine rings is 1. The van der Waals surface area contributed by atoms with Crippen molar-refractivity contribution in [3.63, 3.8) is 0 Å². The molecule has 20 heavy (non-hydrogen) atoms. The highest BCUT2D eigenvalue weighted by Crippen LogP contribution is 2.20. The van der Waals surface area contributed by atoms with Gasteiger partial charge < -0.3 is 10.3 Å². The summed E-state index contributed by atoms with van der Waals surface area (Å²) in [5.41, 5.74) is 10.2. The molecule has 0 unspecified atom stereocenters. The quantitative estimate of drug-likeness (QED) is 0.791. The number of imidazole rings is 1. The predicted molar refractivity (Wildman–Crippen MR) is 80.2 cm³/mol. The van der Waals surface area contributed by atoms with Crippen LogP contribution in [0.2, 0.25) is 0 Å². The van der Waals surface area contributed by atoms with Gasteiger partial charge in [-0.2, -0.15) is 0 Å². The summed E-state index contributed by atoms with van der Waals surface area (Å²) in [6.45, 7) is 2.89. The van der Waals surface area contributed by atoms with Crippen molar-refractivity contribution in [3.8, 4) is 11.3 Å². The van der Waals surface area contributed by atoms with Gasteiger partial charge in [-0.25, -0.2) is 9.97 Å². The molecule has 100 valence electrons. The number of rotatable bonds is 3. The molecule has 0 spiro atoms. The molecule has 0 amide bonds. The average Bonchev–Trinajstić information content (AvgIpc) is 2.88. The van der Waals surface area contributed by atoms with E-state index < -0.39 is 0 Å². The van der Waals surface area contributed by atoms with Crippen LogP contribution >= 0.6 is 0 Å². The molecule has 3 rings (SSSR count). The van der Waals surface area contributed by atoms with Gasteiger partial charge in [0.2, 0.25) is 0 Å². The zero-order valence-electron chi connectivity index (χ0n) is 11.3. The summed E-state index contributed by atoms with van der Waals surface area (Å²) in [5, 5.41) is 0. The maximum Gasteiger partial charge on any atom is 0.123 e. The molecule has 0 aliphatic carbocycles. The van der Waals surface area contributed by atoms with Crippen LogP contribution in [0.15, 0.2) is 55.1 Å². The number of aryl methyl sites for hydroxylation is 1. The molecule has 0 aliphatic heterocycles. The topological polar surface area (TPSA) is 56.7 Å². The van der Waals surface area contributed by atoms with Gasteiger partial charge in [-0.15, -0.1) is 0 Å². The van der Waals surface area contributed by atoms with Gasteiger partial charge in [0.25, 0.3) is 0 Å². The van der Waals surface area contributed by atoms with Gasteiger partial charge in [0.1, 0.15) is 5.82 Å². The Bertz CT molecular complexity index is 713. The molecular formula is C16H16N4. The molecular weight excluding hydrogens is 248 g/mol. The zero-order valence-corrected chi connectivity index (χ0v) is 11.3. The first-order valence-corrected chi connectivity index (χ1v) is 6.50. The number of nitrogen functional groups attached to an aromatic ring is 1. The van der Waals surface area contributed by atoms with E-state index in [9.17, 15) is 0 Å². The number of hydrogen-bond acceptors (Lipinski definition) is 3. The molecule has 2 heterocycles. The summed E-state index contributed by atoms with van der Waals surface area (Å²) in [6, 6.07) is 12.3. The van der Waals surface area contributed by atoms with Gasteiger partial charge in [-0.05, 0) is 24.6 Å². The van der Waals surface area contributed by atoms with Gasteiger partial charge in [-0.1, -0.05) is 29.8 Å². The highest BCUT2D eigenvalue weighted by molar-refractivity contribution is 5.59. The fraction of sp³-hybridized carbons (Fsp3) is 0.125. The molecule has 2 N–H and O–H groups in total. The number of hydrogen-bond donors (Lipinski definition) is 1. The van der Waals surface area contributed by atoms with E-state index in [2.05, 4.69) is 45.7 Å². The molecule has 0 saturated heterocycles. The SMILES string of the molecule is Cc1cccc(Cn2cncc2-c2ccc(N)nc2)c1. The van der Waals surface area contributed by atoms with Crippen molar-refractivity contribution in [2.75, 3.05) is 5.73 Å². The van der Waals surface area contributed by atoms with E-state index in [0.29, 0.717) is 5.82 Å². The molecule has 3 aromatic rings. The van der Waals surface area contributed by atoms with Crippen molar-refractivity contribution in [3.05, 3.63) is 66.2 Å². The van der Waals surface area contributed by atoms with E-state index in [1.807, 2.05) is 18.6 Å². The zero-order chi connectivity index (χ0) is 13.9. The third kappa shape index (κ3) is 2.54. The lowest BCUT2D eigenvalue weighted by Gasteiger charge is -2.09. The molecule has 0 saturated carbocycles. The minimum absolute atomic E-state index is 0.526. The van der Waals surface area contributed by atoms with Crippen molar-refractivity contribution in [2.24, 2.45) is 0 Å². The number of aromatic nitrogens is 3. The molecule has 4 heteroatoms. The molecule has 1 aromatic carbocycles. The largest absolute Gasteiger partial charge is 0.384 e. The Balaban J connectivity index is 1.92. The van der Waals surface area contributed by atoms with Crippen molar-refractivity contribution in [1.29, 1.82) is 0 Å². The van der Waals surface area contributed by atoms with Gasteiger partial charge in [0.15, 0.2) is 0 Å². The maximum atomic E-state index is 5.62. The first kappa shape index (κ1) is 12.4. The van der Waals surface area contributed by atoms with Crippen molar-refractivity contribution >= 4 is 5.82 Å². The molecule has 0 atom stereocenters. The van der Waals surface area contributed by atoms with Gasteiger partial charge in [0, 0.05) is 18.3 Å². The van der Waals surface area contributed by atoms with E-state index in [-0.39, 0.29) is 0 Å². The number of nitrogens with zero attached hydrogens (tertiary/aromatic N) is 3. The summed E-state index contributed by atoms with van der Waals surface area (Å²) < 4.78 is 2.11. The van der Waals surface area contributed by atoms with Crippen molar-refractivity contribution < 1.29 is 0 Å². The minimum atomic E-state index is 0.526. The van der Waals surface area contributed by atoms with Crippen LogP contribution in [0.25, 0.3) is 11.3 Å². The second-order valence-corrected chi connectivity index (χ2v) is 4.87. The second kappa shape index (κ2) is 5.17. The van der Waals surface area contributed by atoms with Gasteiger partial charge in [0.05, 0.1) is 18.2 Å². The summed E-state index contributed by atoms with van der Waals surface area (Å²) in [7, 11) is 0. The number of anilines is 1. The van der Waals surface area contributed by atoms with Crippen molar-refractivity contribution in [2.45, 2.75) is 13.5 Å². The first-order valence-electron chi connectivity index (χ1n) is 6.50. The monoisotopic (exact) mass is 264 g/mol. The van der Waals surface area contributed by atoms with Crippen molar-refractivity contribution in [1.82, 2.24) is 14.5 Å². The van der Waals surface area contributed by atoms with Crippen LogP contribution in [0.4, 0.5) is 5.82 Å². The normalized spacial score (nSPS) is 10.7. The molecule has 0 bridgehead atoms. The van der Waals surface area contributed by atoms with Crippen LogP contribution in [-0.2, 0) is 6.54 Å². The lowest BCUT2D eigenvalue weighted by atomic mass is 10.1. The number of benzene rings is 1. The molecule has 0 radical (unpaired) electrons. The van der Waals surface area contributed by atoms with Crippen LogP contribution in [0.3, 0.4) is 0 Å². The Morgan fingerprint density at radius 2 is 2.05 bits per heavy atom. The average molecular weight is 264 g/mol. The maximum absolute atomic E-state index is 5.62. The van der Waals surface area contributed by atoms with Crippen LogP contribution in [0, 0.1) is 6.92 Å². The number of nitrogens with two attached hydrogens (primary N) is 1. The summed E-state index contributed by atoms with van der Waals surface area (Å²) >= 11 is 0. The lowest BCUT2D eigenvalue weighted by Crippen LogP contribution is -2.01. The predicted octanol–water partition coefficient (Wildman–Crippen LogP) is 2.88. The van der Waals surface area contributed by atoms with E-state index in [1.165, 1.54) is 11.1 Å². The highest BCUT2D eigenvalue weighted by atomic mass is 15.0. The fourth-order valence-electron chi connectivity index (χ4n) is 2.25. The first-order chi connectivity index (χ1) is 9.72. The Morgan fingerprint density at radius 3 is 2.80 bits per heavy atom. The van der Waals surface area contributed by atoms with Gasteiger partial charge in [-0.3, -0.25) is 0 Å². The second-order valence-electron chi connectivity index (χ2n) is 4.87. The Kier molecular flexibility index (Phi) is 3.21. The van der Waals surface area contributed by atoms with Gasteiger partial charge >= 0.3 is 0 Å². The van der Waals surface area contributed by atoms with E-state index in [0.717, 1.165) is 17.8 Å². The van der Waals surface area contributed by atoms with E-state index in [4.69, 9.17) is 5.73 Å². The van der Waals surface area contributed by atoms with Crippen LogP contribution in [0.5, 0.6) is 0 Å². The third-order valence-corrected chi connectivity index (χ3v) is 3.23. The summed E-state index contributed by atoms with van der Waals surface area (Å²) in [6.07, 6.45) is 5.47. The molecule has 0 aliphatic rings. The minimum Gasteiger partial charge on any atom is -0.384 e. The fourth-order valence-corrected chi connectivity index (χ4v) is 2.25. The summed E-state index contributed by atoms with van der Waals surface area (Å²) in [4.78, 5) is 8.38. The van der Waals surface area contributed by atoms with Crippen LogP contribution < -0.4 is 5.73 Å². The van der Waals surface area contributed by atoms with Crippen LogP contribution in [-0.4, -0.2) is 14.5 Å². The Hall–Kier alpha value is -2.62. The van der Waals surface area contributed by atoms with Crippen LogP contribution in [0.1, 0.15) is 11.1 Å². The standard InChI is InChI=1S/C16H16N4/c1-12-3-2-4-13(7-12)10-20-11-18-9-15(20)14-5-6-16(17)19-8-14/h2-9,11H,10H2,1H3,(H2,17,19). The lowest BCUT2D eigenvalue weighted by molar-refractivity contribution is 0.803. The van der Waals surface area contributed by atoms with E-state index >= 15 is 0 Å². The molecule has 4 nitrogen and oxygen atoms in total. The molecule has 2 aromatic heterocycles. The smallest absolute Gasteiger partial charge is 0.123 e.